The summed E-state index contributed by atoms with van der Waals surface area (Å²) in [5, 5.41) is 156. The Hall–Kier alpha value is -0.960. The zero-order valence-corrected chi connectivity index (χ0v) is 28.1. The summed E-state index contributed by atoms with van der Waals surface area (Å²) in [5.41, 5.74) is 0. The lowest BCUT2D eigenvalue weighted by atomic mass is 9.95. The highest BCUT2D eigenvalue weighted by atomic mass is 16.8. The molecule has 0 aromatic heterocycles. The quantitative estimate of drug-likeness (QED) is 0.0925. The van der Waals surface area contributed by atoms with Crippen molar-refractivity contribution in [2.75, 3.05) is 26.4 Å². The Morgan fingerprint density at radius 3 is 1.53 bits per heavy atom. The van der Waals surface area contributed by atoms with Gasteiger partial charge in [0, 0.05) is 0 Å². The second-order valence-corrected chi connectivity index (χ2v) is 13.5. The van der Waals surface area contributed by atoms with Gasteiger partial charge in [-0.1, -0.05) is 0 Å². The first kappa shape index (κ1) is 43.2. The molecule has 0 aromatic carbocycles. The summed E-state index contributed by atoms with van der Waals surface area (Å²) in [7, 11) is 0. The minimum atomic E-state index is -2.04. The molecule has 5 rings (SSSR count). The van der Waals surface area contributed by atoms with Crippen LogP contribution in [0.1, 0.15) is 6.92 Å². The summed E-state index contributed by atoms with van der Waals surface area (Å²) >= 11 is 0. The molecule has 15 N–H and O–H groups in total. The molecule has 24 atom stereocenters. The van der Waals surface area contributed by atoms with Crippen molar-refractivity contribution in [2.45, 2.75) is 154 Å². The number of rotatable bonds is 11. The predicted octanol–water partition coefficient (Wildman–Crippen LogP) is -10.3. The summed E-state index contributed by atoms with van der Waals surface area (Å²) in [6.07, 6.45) is -43.3. The predicted molar refractivity (Wildman–Crippen MR) is 159 cm³/mol. The van der Waals surface area contributed by atoms with Gasteiger partial charge in [0.25, 0.3) is 0 Å². The van der Waals surface area contributed by atoms with Crippen LogP contribution in [-0.2, 0) is 42.6 Å². The molecular formula is C29H50O24. The van der Waals surface area contributed by atoms with Crippen molar-refractivity contribution in [3.63, 3.8) is 0 Å². The van der Waals surface area contributed by atoms with Gasteiger partial charge in [-0.3, -0.25) is 0 Å². The van der Waals surface area contributed by atoms with E-state index in [9.17, 15) is 76.6 Å². The van der Waals surface area contributed by atoms with Crippen molar-refractivity contribution in [1.29, 1.82) is 0 Å². The maximum absolute atomic E-state index is 11.5. The van der Waals surface area contributed by atoms with Crippen LogP contribution in [0.15, 0.2) is 0 Å². The smallest absolute Gasteiger partial charge is 0.187 e. The maximum Gasteiger partial charge on any atom is 0.187 e. The minimum absolute atomic E-state index is 0.583. The molecule has 0 saturated carbocycles. The number of hydrogen-bond acceptors (Lipinski definition) is 24. The molecule has 0 radical (unpaired) electrons. The fourth-order valence-electron chi connectivity index (χ4n) is 6.65. The third-order valence-electron chi connectivity index (χ3n) is 9.89. The van der Waals surface area contributed by atoms with Crippen LogP contribution < -0.4 is 0 Å². The lowest BCUT2D eigenvalue weighted by Gasteiger charge is -2.50. The SMILES string of the molecule is C[C@@H]1O[C@@H](O[C@H]2C(O)O[C@H](CO)[C@H](O[C@@H]3O[C@H](CO)[C@@H](O)[C@H](O[C@@H]4O[C@H](CO)[C@@H](O)[C@H](O)[C@H]4O)[C@H]3O[C@@H]3OC[C@@H](O)[C@H](O)[C@H]3O)[C@@H]2O)[C@H](O)[C@H](O)[C@H]1O. The van der Waals surface area contributed by atoms with E-state index in [-0.39, 0.29) is 0 Å². The lowest BCUT2D eigenvalue weighted by molar-refractivity contribution is -0.406. The Bertz CT molecular complexity index is 1140. The molecule has 0 aliphatic carbocycles. The van der Waals surface area contributed by atoms with Crippen LogP contribution in [-0.4, -0.2) is 250 Å². The van der Waals surface area contributed by atoms with Gasteiger partial charge in [-0.2, -0.15) is 0 Å². The van der Waals surface area contributed by atoms with E-state index in [1.807, 2.05) is 0 Å². The van der Waals surface area contributed by atoms with E-state index in [1.165, 1.54) is 6.92 Å². The highest BCUT2D eigenvalue weighted by molar-refractivity contribution is 4.99. The normalized spacial score (nSPS) is 54.1. The van der Waals surface area contributed by atoms with Gasteiger partial charge in [-0.05, 0) is 6.92 Å². The van der Waals surface area contributed by atoms with Crippen LogP contribution in [0.5, 0.6) is 0 Å². The van der Waals surface area contributed by atoms with Gasteiger partial charge in [0.2, 0.25) is 0 Å². The van der Waals surface area contributed by atoms with Gasteiger partial charge in [0.15, 0.2) is 31.5 Å². The minimum Gasteiger partial charge on any atom is -0.394 e. The summed E-state index contributed by atoms with van der Waals surface area (Å²) < 4.78 is 50.5. The van der Waals surface area contributed by atoms with E-state index in [0.29, 0.717) is 0 Å². The van der Waals surface area contributed by atoms with E-state index in [4.69, 9.17) is 42.6 Å². The van der Waals surface area contributed by atoms with E-state index in [2.05, 4.69) is 0 Å². The first-order chi connectivity index (χ1) is 25.0. The number of aliphatic hydroxyl groups is 15. The monoisotopic (exact) mass is 782 g/mol. The molecule has 0 bridgehead atoms. The fraction of sp³-hybridized carbons (Fsp3) is 1.00. The standard InChI is InChI=1S/C29H50O24/c1-6-11(34)15(38)18(41)27(46-6)52-23-20(43)21(10(4-32)47-25(23)44)50-29-24(53-26-17(40)12(35)7(33)5-45-26)22(14(37)9(3-31)49-29)51-28-19(42)16(39)13(36)8(2-30)48-28/h6-44H,2-5H2,1H3/t6-,7+,8+,9+,10+,11-,12-,13+,14+,15+,16-,17+,18+,19+,20-,21-,22-,23+,24+,25?,26-,27-,28-,29-/m0/s1. The molecule has 0 aromatic rings. The molecule has 5 fully saturated rings. The highest BCUT2D eigenvalue weighted by Gasteiger charge is 2.57. The molecule has 24 heteroatoms. The second kappa shape index (κ2) is 18.1. The summed E-state index contributed by atoms with van der Waals surface area (Å²) in [4.78, 5) is 0. The lowest BCUT2D eigenvalue weighted by Crippen LogP contribution is -2.68. The van der Waals surface area contributed by atoms with E-state index < -0.39 is 174 Å². The molecule has 310 valence electrons. The topological polar surface area (TPSA) is 387 Å². The van der Waals surface area contributed by atoms with Gasteiger partial charge in [-0.15, -0.1) is 0 Å². The van der Waals surface area contributed by atoms with Gasteiger partial charge < -0.3 is 119 Å². The average molecular weight is 783 g/mol. The summed E-state index contributed by atoms with van der Waals surface area (Å²) in [6.45, 7) is -2.01. The third-order valence-corrected chi connectivity index (χ3v) is 9.89. The van der Waals surface area contributed by atoms with Crippen LogP contribution in [0.3, 0.4) is 0 Å². The summed E-state index contributed by atoms with van der Waals surface area (Å²) in [6, 6.07) is 0. The van der Waals surface area contributed by atoms with Gasteiger partial charge >= 0.3 is 0 Å². The largest absolute Gasteiger partial charge is 0.394 e. The van der Waals surface area contributed by atoms with Crippen molar-refractivity contribution in [1.82, 2.24) is 0 Å². The highest BCUT2D eigenvalue weighted by Crippen LogP contribution is 2.36. The molecule has 0 spiro atoms. The van der Waals surface area contributed by atoms with Crippen LogP contribution in [0.25, 0.3) is 0 Å². The molecule has 24 nitrogen and oxygen atoms in total. The fourth-order valence-corrected chi connectivity index (χ4v) is 6.65. The first-order valence-corrected chi connectivity index (χ1v) is 16.9. The molecular weight excluding hydrogens is 732 g/mol. The Kier molecular flexibility index (Phi) is 14.7. The zero-order chi connectivity index (χ0) is 39.0. The van der Waals surface area contributed by atoms with E-state index in [1.54, 1.807) is 0 Å². The molecule has 5 aliphatic heterocycles. The Morgan fingerprint density at radius 1 is 0.415 bits per heavy atom. The second-order valence-electron chi connectivity index (χ2n) is 13.5. The molecule has 1 unspecified atom stereocenters. The van der Waals surface area contributed by atoms with Crippen molar-refractivity contribution < 1.29 is 119 Å². The van der Waals surface area contributed by atoms with Gasteiger partial charge in [-0.25, -0.2) is 0 Å². The van der Waals surface area contributed by atoms with Crippen LogP contribution in [0.2, 0.25) is 0 Å². The Labute approximate surface area is 300 Å². The maximum atomic E-state index is 11.5. The molecule has 0 amide bonds. The van der Waals surface area contributed by atoms with Crippen LogP contribution in [0, 0.1) is 0 Å². The van der Waals surface area contributed by atoms with E-state index in [0.717, 1.165) is 0 Å². The van der Waals surface area contributed by atoms with Crippen LogP contribution >= 0.6 is 0 Å². The van der Waals surface area contributed by atoms with Crippen molar-refractivity contribution in [2.24, 2.45) is 0 Å². The van der Waals surface area contributed by atoms with Crippen LogP contribution in [0.4, 0.5) is 0 Å². The number of ether oxygens (including phenoxy) is 9. The van der Waals surface area contributed by atoms with Crippen molar-refractivity contribution >= 4 is 0 Å². The third kappa shape index (κ3) is 8.81. The number of hydrogen-bond donors (Lipinski definition) is 15. The Balaban J connectivity index is 1.45. The number of aliphatic hydroxyl groups excluding tert-OH is 15. The summed E-state index contributed by atoms with van der Waals surface area (Å²) in [5.74, 6) is 0. The van der Waals surface area contributed by atoms with Crippen molar-refractivity contribution in [3.05, 3.63) is 0 Å². The Morgan fingerprint density at radius 2 is 0.906 bits per heavy atom. The first-order valence-electron chi connectivity index (χ1n) is 16.9. The van der Waals surface area contributed by atoms with Gasteiger partial charge in [0.1, 0.15) is 110 Å². The molecule has 5 saturated heterocycles. The van der Waals surface area contributed by atoms with Crippen molar-refractivity contribution in [3.8, 4) is 0 Å². The molecule has 5 heterocycles. The van der Waals surface area contributed by atoms with E-state index >= 15 is 0 Å². The van der Waals surface area contributed by atoms with Gasteiger partial charge in [0.05, 0.1) is 32.5 Å². The zero-order valence-electron chi connectivity index (χ0n) is 28.1. The average Bonchev–Trinajstić information content (AvgIpc) is 3.14. The molecule has 5 aliphatic rings. The molecule has 53 heavy (non-hydrogen) atoms.